The van der Waals surface area contributed by atoms with Gasteiger partial charge in [-0.25, -0.2) is 4.79 Å². The first-order valence-corrected chi connectivity index (χ1v) is 12.1. The number of carbonyl (C=O) groups excluding carboxylic acids is 2. The largest absolute Gasteiger partial charge is 0.481 e. The number of ether oxygens (including phenoxy) is 5. The highest BCUT2D eigenvalue weighted by molar-refractivity contribution is 5.85. The predicted octanol–water partition coefficient (Wildman–Crippen LogP) is 0.444. The van der Waals surface area contributed by atoms with Gasteiger partial charge in [-0.3, -0.25) is 9.59 Å². The minimum absolute atomic E-state index is 0.0219. The van der Waals surface area contributed by atoms with E-state index in [4.69, 9.17) is 34.5 Å². The summed E-state index contributed by atoms with van der Waals surface area (Å²) in [7, 11) is 0. The molecule has 0 saturated carbocycles. The van der Waals surface area contributed by atoms with E-state index < -0.39 is 18.1 Å². The monoisotopic (exact) mass is 503 g/mol. The van der Waals surface area contributed by atoms with Crippen molar-refractivity contribution in [2.24, 2.45) is 11.7 Å². The Kier molecular flexibility index (Phi) is 17.6. The number of aliphatic carboxylic acids is 1. The van der Waals surface area contributed by atoms with Gasteiger partial charge in [-0.1, -0.05) is 11.6 Å². The van der Waals surface area contributed by atoms with Gasteiger partial charge in [0.2, 0.25) is 5.91 Å². The fourth-order valence-electron chi connectivity index (χ4n) is 2.85. The van der Waals surface area contributed by atoms with Crippen LogP contribution in [0.4, 0.5) is 4.79 Å². The fourth-order valence-corrected chi connectivity index (χ4v) is 2.85. The summed E-state index contributed by atoms with van der Waals surface area (Å²) < 4.78 is 26.4. The van der Waals surface area contributed by atoms with Crippen molar-refractivity contribution in [1.82, 2.24) is 10.6 Å². The van der Waals surface area contributed by atoms with Gasteiger partial charge in [0, 0.05) is 12.5 Å². The van der Waals surface area contributed by atoms with Crippen LogP contribution in [0.25, 0.3) is 0 Å². The first kappa shape index (κ1) is 30.8. The van der Waals surface area contributed by atoms with Crippen molar-refractivity contribution in [3.8, 4) is 0 Å². The van der Waals surface area contributed by atoms with Crippen molar-refractivity contribution in [2.45, 2.75) is 38.6 Å². The molecule has 0 aromatic heterocycles. The Balaban J connectivity index is 2.01. The van der Waals surface area contributed by atoms with Crippen LogP contribution in [0.1, 0.15) is 32.6 Å². The number of hydrogen-bond donors (Lipinski definition) is 4. The number of carboxylic acid groups (broad SMARTS) is 1. The molecule has 2 unspecified atom stereocenters. The summed E-state index contributed by atoms with van der Waals surface area (Å²) >= 11 is 0. The first-order chi connectivity index (χ1) is 16.9. The number of carboxylic acids is 1. The molecule has 202 valence electrons. The molecule has 1 aliphatic carbocycles. The third-order valence-electron chi connectivity index (χ3n) is 5.01. The van der Waals surface area contributed by atoms with Crippen LogP contribution in [-0.4, -0.2) is 102 Å². The Bertz CT molecular complexity index is 646. The van der Waals surface area contributed by atoms with Crippen LogP contribution in [0.15, 0.2) is 11.6 Å². The predicted molar refractivity (Wildman–Crippen MR) is 127 cm³/mol. The zero-order valence-corrected chi connectivity index (χ0v) is 20.6. The molecule has 35 heavy (non-hydrogen) atoms. The number of alkyl carbamates (subject to hydrolysis) is 1. The van der Waals surface area contributed by atoms with Crippen LogP contribution in [0.5, 0.6) is 0 Å². The lowest BCUT2D eigenvalue weighted by Gasteiger charge is -2.18. The number of unbranched alkanes of at least 4 members (excludes halogenated alkanes) is 1. The summed E-state index contributed by atoms with van der Waals surface area (Å²) in [6.07, 6.45) is 3.35. The van der Waals surface area contributed by atoms with Crippen LogP contribution < -0.4 is 16.4 Å². The lowest BCUT2D eigenvalue weighted by Crippen LogP contribution is -2.47. The number of nitrogens with two attached hydrogens (primary N) is 1. The quantitative estimate of drug-likeness (QED) is 0.113. The molecule has 12 nitrogen and oxygen atoms in total. The van der Waals surface area contributed by atoms with Gasteiger partial charge in [0.15, 0.2) is 0 Å². The van der Waals surface area contributed by atoms with Gasteiger partial charge in [0.05, 0.1) is 59.3 Å². The van der Waals surface area contributed by atoms with Crippen molar-refractivity contribution in [3.05, 3.63) is 11.6 Å². The highest BCUT2D eigenvalue weighted by atomic mass is 16.6. The molecular weight excluding hydrogens is 462 g/mol. The summed E-state index contributed by atoms with van der Waals surface area (Å²) in [4.78, 5) is 34.8. The van der Waals surface area contributed by atoms with Gasteiger partial charge < -0.3 is 45.2 Å². The van der Waals surface area contributed by atoms with E-state index >= 15 is 0 Å². The second-order valence-electron chi connectivity index (χ2n) is 7.98. The summed E-state index contributed by atoms with van der Waals surface area (Å²) in [5.41, 5.74) is 6.72. The zero-order chi connectivity index (χ0) is 25.7. The van der Waals surface area contributed by atoms with Crippen molar-refractivity contribution in [2.75, 3.05) is 72.6 Å². The van der Waals surface area contributed by atoms with E-state index in [1.54, 1.807) is 0 Å². The molecule has 2 atom stereocenters. The summed E-state index contributed by atoms with van der Waals surface area (Å²) in [6, 6.07) is -0.687. The zero-order valence-electron chi connectivity index (χ0n) is 20.6. The molecule has 0 heterocycles. The minimum atomic E-state index is -0.891. The molecule has 5 N–H and O–H groups in total. The molecule has 0 bridgehead atoms. The van der Waals surface area contributed by atoms with Gasteiger partial charge in [-0.15, -0.1) is 0 Å². The van der Waals surface area contributed by atoms with E-state index in [0.29, 0.717) is 78.8 Å². The van der Waals surface area contributed by atoms with Gasteiger partial charge in [0.25, 0.3) is 0 Å². The van der Waals surface area contributed by atoms with E-state index in [-0.39, 0.29) is 24.9 Å². The second kappa shape index (κ2) is 20.0. The van der Waals surface area contributed by atoms with Crippen LogP contribution in [0.2, 0.25) is 0 Å². The molecular formula is C23H41N3O9. The van der Waals surface area contributed by atoms with Crippen LogP contribution >= 0.6 is 0 Å². The maximum atomic E-state index is 12.5. The van der Waals surface area contributed by atoms with Crippen LogP contribution in [0, 0.1) is 5.92 Å². The van der Waals surface area contributed by atoms with Crippen molar-refractivity contribution >= 4 is 18.0 Å². The highest BCUT2D eigenvalue weighted by Gasteiger charge is 2.24. The molecule has 0 radical (unpaired) electrons. The lowest BCUT2D eigenvalue weighted by molar-refractivity contribution is -0.138. The third-order valence-corrected chi connectivity index (χ3v) is 5.01. The Labute approximate surface area is 206 Å². The molecule has 12 heteroatoms. The average molecular weight is 504 g/mol. The number of hydrogen-bond acceptors (Lipinski definition) is 9. The smallest absolute Gasteiger partial charge is 0.407 e. The lowest BCUT2D eigenvalue weighted by atomic mass is 10.1. The second-order valence-corrected chi connectivity index (χ2v) is 7.98. The maximum absolute atomic E-state index is 12.5. The van der Waals surface area contributed by atoms with E-state index in [2.05, 4.69) is 10.6 Å². The normalized spacial score (nSPS) is 15.3. The summed E-state index contributed by atoms with van der Waals surface area (Å²) in [5, 5.41) is 13.9. The SMILES string of the molecule is CC1=CC1COC(=O)NC(CCCCN)C(=O)NCCOCCOCCOCCOCCC(=O)O. The molecule has 0 fully saturated rings. The van der Waals surface area contributed by atoms with E-state index in [9.17, 15) is 14.4 Å². The van der Waals surface area contributed by atoms with E-state index in [1.165, 1.54) is 5.57 Å². The molecule has 1 aliphatic rings. The number of amides is 2. The molecule has 0 aromatic carbocycles. The summed E-state index contributed by atoms with van der Waals surface area (Å²) in [5.74, 6) is -0.961. The third kappa shape index (κ3) is 17.8. The topological polar surface area (TPSA) is 168 Å². The molecule has 0 spiro atoms. The number of rotatable bonds is 23. The van der Waals surface area contributed by atoms with Gasteiger partial charge in [-0.05, 0) is 32.7 Å². The van der Waals surface area contributed by atoms with Crippen molar-refractivity contribution in [3.63, 3.8) is 0 Å². The number of nitrogens with one attached hydrogen (secondary N) is 2. The van der Waals surface area contributed by atoms with E-state index in [0.717, 1.165) is 6.42 Å². The molecule has 0 saturated heterocycles. The molecule has 0 aromatic rings. The highest BCUT2D eigenvalue weighted by Crippen LogP contribution is 2.27. The fraction of sp³-hybridized carbons (Fsp3) is 0.783. The van der Waals surface area contributed by atoms with E-state index in [1.807, 2.05) is 13.0 Å². The Morgan fingerprint density at radius 2 is 1.54 bits per heavy atom. The van der Waals surface area contributed by atoms with Crippen LogP contribution in [-0.2, 0) is 33.3 Å². The van der Waals surface area contributed by atoms with Gasteiger partial charge >= 0.3 is 12.1 Å². The van der Waals surface area contributed by atoms with Gasteiger partial charge in [0.1, 0.15) is 12.6 Å². The number of carbonyl (C=O) groups is 3. The Morgan fingerprint density at radius 1 is 0.971 bits per heavy atom. The summed E-state index contributed by atoms with van der Waals surface area (Å²) in [6.45, 7) is 5.84. The van der Waals surface area contributed by atoms with Gasteiger partial charge in [-0.2, -0.15) is 0 Å². The Morgan fingerprint density at radius 3 is 2.09 bits per heavy atom. The molecule has 2 amide bonds. The minimum Gasteiger partial charge on any atom is -0.481 e. The van der Waals surface area contributed by atoms with Crippen molar-refractivity contribution < 1.29 is 43.2 Å². The first-order valence-electron chi connectivity index (χ1n) is 12.1. The van der Waals surface area contributed by atoms with Crippen LogP contribution in [0.3, 0.4) is 0 Å². The standard InChI is InChI=1S/C23H41N3O9/c1-18-16-19(18)17-35-23(30)26-20(4-2-3-6-24)22(29)25-7-9-32-11-13-34-15-14-33-12-10-31-8-5-21(27)28/h16,19-20H,2-15,17,24H2,1H3,(H,25,29)(H,26,30)(H,27,28). The maximum Gasteiger partial charge on any atom is 0.407 e. The molecule has 1 rings (SSSR count). The molecule has 0 aliphatic heterocycles. The Hall–Kier alpha value is -2.25. The average Bonchev–Trinajstić information content (AvgIpc) is 3.54. The van der Waals surface area contributed by atoms with Crippen molar-refractivity contribution in [1.29, 1.82) is 0 Å².